The first kappa shape index (κ1) is 13.9. The molecule has 1 saturated carbocycles. The number of ether oxygens (including phenoxy) is 1. The number of aryl methyl sites for hydroxylation is 1. The van der Waals surface area contributed by atoms with E-state index < -0.39 is 5.54 Å². The molecule has 3 heteroatoms. The first-order chi connectivity index (χ1) is 9.00. The molecule has 0 aliphatic heterocycles. The molecule has 0 spiro atoms. The summed E-state index contributed by atoms with van der Waals surface area (Å²) in [5.74, 6) is 0.874. The summed E-state index contributed by atoms with van der Waals surface area (Å²) >= 11 is 0. The molecule has 1 N–H and O–H groups in total. The molecule has 1 aliphatic carbocycles. The summed E-state index contributed by atoms with van der Waals surface area (Å²) in [5.41, 5.74) is 0.688. The normalized spacial score (nSPS) is 19.3. The lowest BCUT2D eigenvalue weighted by molar-refractivity contribution is 0.179. The van der Waals surface area contributed by atoms with Crippen LogP contribution in [0.2, 0.25) is 0 Å². The highest BCUT2D eigenvalue weighted by atomic mass is 16.5. The van der Waals surface area contributed by atoms with Crippen LogP contribution < -0.4 is 10.1 Å². The van der Waals surface area contributed by atoms with Gasteiger partial charge < -0.3 is 4.74 Å². The fraction of sp³-hybridized carbons (Fsp3) is 0.562. The molecule has 1 fully saturated rings. The van der Waals surface area contributed by atoms with Crippen molar-refractivity contribution in [3.05, 3.63) is 29.8 Å². The monoisotopic (exact) mass is 258 g/mol. The summed E-state index contributed by atoms with van der Waals surface area (Å²) in [6, 6.07) is 10.9. The summed E-state index contributed by atoms with van der Waals surface area (Å²) in [6.45, 7) is 6.03. The van der Waals surface area contributed by atoms with E-state index in [1.165, 1.54) is 18.4 Å². The lowest BCUT2D eigenvalue weighted by Crippen LogP contribution is -2.45. The van der Waals surface area contributed by atoms with Crippen molar-refractivity contribution in [1.82, 2.24) is 5.32 Å². The molecule has 0 radical (unpaired) electrons. The summed E-state index contributed by atoms with van der Waals surface area (Å²) in [6.07, 6.45) is 3.07. The van der Waals surface area contributed by atoms with Gasteiger partial charge in [-0.3, -0.25) is 5.32 Å². The van der Waals surface area contributed by atoms with Gasteiger partial charge in [0.15, 0.2) is 0 Å². The zero-order valence-electron chi connectivity index (χ0n) is 11.9. The van der Waals surface area contributed by atoms with Gasteiger partial charge in [-0.1, -0.05) is 12.1 Å². The maximum Gasteiger partial charge on any atom is 0.119 e. The number of hydrogen-bond donors (Lipinski definition) is 1. The molecular weight excluding hydrogens is 236 g/mol. The van der Waals surface area contributed by atoms with Gasteiger partial charge in [0.05, 0.1) is 12.2 Å². The van der Waals surface area contributed by atoms with Crippen LogP contribution in [0.5, 0.6) is 5.75 Å². The Balaban J connectivity index is 1.92. The highest BCUT2D eigenvalue weighted by molar-refractivity contribution is 5.27. The van der Waals surface area contributed by atoms with Crippen molar-refractivity contribution < 1.29 is 4.74 Å². The first-order valence-corrected chi connectivity index (χ1v) is 6.93. The number of nitrogens with one attached hydrogen (secondary N) is 1. The average Bonchev–Trinajstić information content (AvgIpc) is 3.12. The van der Waals surface area contributed by atoms with Crippen molar-refractivity contribution in [2.45, 2.75) is 57.7 Å². The Morgan fingerprint density at radius 1 is 1.53 bits per heavy atom. The Morgan fingerprint density at radius 2 is 2.26 bits per heavy atom. The number of nitrogens with zero attached hydrogens (tertiary/aromatic N) is 1. The number of rotatable bonds is 6. The molecule has 2 unspecified atom stereocenters. The molecule has 2 rings (SSSR count). The van der Waals surface area contributed by atoms with E-state index in [0.29, 0.717) is 12.5 Å². The van der Waals surface area contributed by atoms with Crippen molar-refractivity contribution >= 4 is 0 Å². The molecular formula is C16H22N2O. The van der Waals surface area contributed by atoms with Gasteiger partial charge in [-0.15, -0.1) is 0 Å². The van der Waals surface area contributed by atoms with E-state index in [4.69, 9.17) is 4.74 Å². The van der Waals surface area contributed by atoms with Crippen LogP contribution in [0.25, 0.3) is 0 Å². The molecule has 0 amide bonds. The Morgan fingerprint density at radius 3 is 2.84 bits per heavy atom. The Hall–Kier alpha value is -1.53. The van der Waals surface area contributed by atoms with Crippen LogP contribution in [-0.2, 0) is 0 Å². The molecule has 0 aromatic heterocycles. The number of nitriles is 1. The lowest BCUT2D eigenvalue weighted by atomic mass is 9.96. The van der Waals surface area contributed by atoms with Gasteiger partial charge >= 0.3 is 0 Å². The van der Waals surface area contributed by atoms with Crippen molar-refractivity contribution in [3.63, 3.8) is 0 Å². The fourth-order valence-corrected chi connectivity index (χ4v) is 2.35. The molecule has 19 heavy (non-hydrogen) atoms. The molecule has 102 valence electrons. The molecule has 2 atom stereocenters. The SMILES string of the molecule is Cc1cccc(OC(C)CC(C)(C#N)NC2CC2)c1. The molecule has 0 saturated heterocycles. The van der Waals surface area contributed by atoms with Gasteiger partial charge in [0.25, 0.3) is 0 Å². The minimum absolute atomic E-state index is 0.0118. The summed E-state index contributed by atoms with van der Waals surface area (Å²) in [4.78, 5) is 0. The van der Waals surface area contributed by atoms with Crippen molar-refractivity contribution in [2.75, 3.05) is 0 Å². The zero-order valence-corrected chi connectivity index (χ0v) is 11.9. The Kier molecular flexibility index (Phi) is 4.11. The third-order valence-electron chi connectivity index (χ3n) is 3.37. The molecule has 0 bridgehead atoms. The van der Waals surface area contributed by atoms with Crippen LogP contribution in [0.4, 0.5) is 0 Å². The number of hydrogen-bond acceptors (Lipinski definition) is 3. The molecule has 3 nitrogen and oxygen atoms in total. The van der Waals surface area contributed by atoms with E-state index in [1.54, 1.807) is 0 Å². The highest BCUT2D eigenvalue weighted by Gasteiger charge is 2.34. The summed E-state index contributed by atoms with van der Waals surface area (Å²) in [5, 5.41) is 12.8. The van der Waals surface area contributed by atoms with E-state index >= 15 is 0 Å². The topological polar surface area (TPSA) is 45.0 Å². The van der Waals surface area contributed by atoms with Crippen LogP contribution in [0.15, 0.2) is 24.3 Å². The fourth-order valence-electron chi connectivity index (χ4n) is 2.35. The molecule has 0 heterocycles. The predicted octanol–water partition coefficient (Wildman–Crippen LogP) is 3.19. The van der Waals surface area contributed by atoms with Crippen LogP contribution in [-0.4, -0.2) is 17.7 Å². The van der Waals surface area contributed by atoms with Gasteiger partial charge in [-0.05, 0) is 51.3 Å². The molecule has 1 aromatic rings. The van der Waals surface area contributed by atoms with Gasteiger partial charge in [-0.25, -0.2) is 0 Å². The Labute approximate surface area is 115 Å². The van der Waals surface area contributed by atoms with Gasteiger partial charge in [-0.2, -0.15) is 5.26 Å². The third-order valence-corrected chi connectivity index (χ3v) is 3.37. The largest absolute Gasteiger partial charge is 0.491 e. The van der Waals surface area contributed by atoms with Crippen LogP contribution in [0.3, 0.4) is 0 Å². The van der Waals surface area contributed by atoms with Gasteiger partial charge in [0.1, 0.15) is 11.3 Å². The standard InChI is InChI=1S/C16H22N2O/c1-12-5-4-6-15(9-12)19-13(2)10-16(3,11-17)18-14-7-8-14/h4-6,9,13-14,18H,7-8,10H2,1-3H3. The molecule has 1 aliphatic rings. The van der Waals surface area contributed by atoms with Gasteiger partial charge in [0.2, 0.25) is 0 Å². The molecule has 1 aromatic carbocycles. The minimum atomic E-state index is -0.496. The van der Waals surface area contributed by atoms with Crippen molar-refractivity contribution in [1.29, 1.82) is 5.26 Å². The van der Waals surface area contributed by atoms with Crippen molar-refractivity contribution in [3.8, 4) is 11.8 Å². The quantitative estimate of drug-likeness (QED) is 0.852. The second-order valence-electron chi connectivity index (χ2n) is 5.81. The van der Waals surface area contributed by atoms with E-state index in [2.05, 4.69) is 11.4 Å². The number of benzene rings is 1. The zero-order chi connectivity index (χ0) is 13.9. The maximum atomic E-state index is 9.35. The van der Waals surface area contributed by atoms with E-state index in [0.717, 1.165) is 5.75 Å². The summed E-state index contributed by atoms with van der Waals surface area (Å²) in [7, 11) is 0. The van der Waals surface area contributed by atoms with Crippen LogP contribution in [0, 0.1) is 18.3 Å². The first-order valence-electron chi connectivity index (χ1n) is 6.93. The van der Waals surface area contributed by atoms with Gasteiger partial charge in [0, 0.05) is 12.5 Å². The van der Waals surface area contributed by atoms with Crippen molar-refractivity contribution in [2.24, 2.45) is 0 Å². The third kappa shape index (κ3) is 4.25. The second-order valence-corrected chi connectivity index (χ2v) is 5.81. The van der Waals surface area contributed by atoms with Crippen LogP contribution in [0.1, 0.15) is 38.7 Å². The Bertz CT molecular complexity index is 476. The van der Waals surface area contributed by atoms with Crippen LogP contribution >= 0.6 is 0 Å². The highest BCUT2D eigenvalue weighted by Crippen LogP contribution is 2.25. The maximum absolute atomic E-state index is 9.35. The second kappa shape index (κ2) is 5.63. The minimum Gasteiger partial charge on any atom is -0.491 e. The average molecular weight is 258 g/mol. The van der Waals surface area contributed by atoms with E-state index in [9.17, 15) is 5.26 Å². The predicted molar refractivity (Wildman–Crippen MR) is 76.1 cm³/mol. The summed E-state index contributed by atoms with van der Waals surface area (Å²) < 4.78 is 5.90. The van der Waals surface area contributed by atoms with E-state index in [1.807, 2.05) is 45.0 Å². The lowest BCUT2D eigenvalue weighted by Gasteiger charge is -2.27. The van der Waals surface area contributed by atoms with E-state index in [-0.39, 0.29) is 6.10 Å². The smallest absolute Gasteiger partial charge is 0.119 e.